The minimum atomic E-state index is -4.89. The lowest BCUT2D eigenvalue weighted by atomic mass is 9.64. The predicted molar refractivity (Wildman–Crippen MR) is 211 cm³/mol. The second-order valence-corrected chi connectivity index (χ2v) is 16.5. The van der Waals surface area contributed by atoms with Gasteiger partial charge in [0.25, 0.3) is 14.1 Å². The summed E-state index contributed by atoms with van der Waals surface area (Å²) in [5, 5.41) is 19.9. The van der Waals surface area contributed by atoms with Gasteiger partial charge in [0.1, 0.15) is 35.7 Å². The summed E-state index contributed by atoms with van der Waals surface area (Å²) in [6.45, 7) is 0.994. The van der Waals surface area contributed by atoms with Crippen LogP contribution in [0.15, 0.2) is 94.6 Å². The summed E-state index contributed by atoms with van der Waals surface area (Å²) < 4.78 is 58.5. The van der Waals surface area contributed by atoms with E-state index < -0.39 is 95.7 Å². The zero-order chi connectivity index (χ0) is 42.2. The van der Waals surface area contributed by atoms with Gasteiger partial charge in [-0.25, -0.2) is 13.2 Å². The Hall–Kier alpha value is -4.62. The first-order valence-electron chi connectivity index (χ1n) is 18.1. The van der Waals surface area contributed by atoms with E-state index >= 15 is 0 Å². The molecule has 1 fully saturated rings. The molecule has 312 valence electrons. The number of sulfone groups is 1. The van der Waals surface area contributed by atoms with Crippen molar-refractivity contribution < 1.29 is 56.6 Å². The molecule has 58 heavy (non-hydrogen) atoms. The number of H-pyrrole nitrogens is 1. The zero-order valence-corrected chi connectivity index (χ0v) is 33.6. The van der Waals surface area contributed by atoms with E-state index in [9.17, 15) is 37.6 Å². The second kappa shape index (κ2) is 19.4. The number of ketones is 1. The van der Waals surface area contributed by atoms with Crippen LogP contribution in [0.2, 0.25) is 0 Å². The molecule has 5 rings (SSSR count). The normalized spacial score (nSPS) is 19.2. The van der Waals surface area contributed by atoms with Crippen LogP contribution in [0.25, 0.3) is 0 Å². The second-order valence-electron chi connectivity index (χ2n) is 13.5. The average molecular weight is 844 g/mol. The Kier molecular flexibility index (Phi) is 14.9. The van der Waals surface area contributed by atoms with Crippen LogP contribution in [-0.2, 0) is 38.8 Å². The number of Topliss-reactive ketones (excluding diaryl/α,β-unsaturated/α-hetero) is 1. The smallest absolute Gasteiger partial charge is 0.330 e. The number of ether oxygens (including phenoxy) is 4. The van der Waals surface area contributed by atoms with E-state index in [0.717, 1.165) is 4.57 Å². The van der Waals surface area contributed by atoms with Crippen molar-refractivity contribution in [3.05, 3.63) is 128 Å². The SMILES string of the molecule is COc1ccc(C(c2ccccc2)(c2ccc(OC)cc2)C(OP(N)O)[C@H]2O[C@@H](n3cc(C)c(=O)[nH]c3=O)C[C@@H]2OC(C=O)S(=O)(=O)C(O)CCC(=O)CCO)cc1. The number of nitrogens with one attached hydrogen (secondary N) is 1. The van der Waals surface area contributed by atoms with Gasteiger partial charge in [-0.3, -0.25) is 29.4 Å². The first-order chi connectivity index (χ1) is 27.7. The van der Waals surface area contributed by atoms with Gasteiger partial charge in [-0.05, 0) is 54.3 Å². The molecule has 19 heteroatoms. The molecule has 6 N–H and O–H groups in total. The minimum Gasteiger partial charge on any atom is -0.497 e. The number of hydrogen-bond acceptors (Lipinski definition) is 15. The van der Waals surface area contributed by atoms with Gasteiger partial charge in [-0.15, -0.1) is 0 Å². The Labute approximate surface area is 335 Å². The largest absolute Gasteiger partial charge is 0.497 e. The highest BCUT2D eigenvalue weighted by molar-refractivity contribution is 7.92. The molecule has 1 aliphatic rings. The quantitative estimate of drug-likeness (QED) is 0.0485. The molecular weight excluding hydrogens is 797 g/mol. The van der Waals surface area contributed by atoms with Gasteiger partial charge in [0, 0.05) is 37.6 Å². The number of aromatic nitrogens is 2. The van der Waals surface area contributed by atoms with Gasteiger partial charge in [0.05, 0.1) is 25.7 Å². The first-order valence-corrected chi connectivity index (χ1v) is 21.0. The maximum absolute atomic E-state index is 13.7. The molecule has 1 aromatic heterocycles. The topological polar surface area (TPSA) is 256 Å². The van der Waals surface area contributed by atoms with Crippen LogP contribution in [-0.4, -0.2) is 95.2 Å². The van der Waals surface area contributed by atoms with Crippen molar-refractivity contribution in [2.75, 3.05) is 20.8 Å². The van der Waals surface area contributed by atoms with E-state index in [2.05, 4.69) is 4.98 Å². The van der Waals surface area contributed by atoms with Crippen molar-refractivity contribution in [3.63, 3.8) is 0 Å². The average Bonchev–Trinajstić information content (AvgIpc) is 3.64. The Balaban J connectivity index is 1.76. The lowest BCUT2D eigenvalue weighted by Gasteiger charge is -2.45. The first kappa shape index (κ1) is 44.5. The summed E-state index contributed by atoms with van der Waals surface area (Å²) in [6, 6.07) is 22.8. The minimum absolute atomic E-state index is 0.0239. The van der Waals surface area contributed by atoms with Crippen LogP contribution in [0.3, 0.4) is 0 Å². The van der Waals surface area contributed by atoms with Gasteiger partial charge in [-0.1, -0.05) is 54.6 Å². The number of nitrogens with zero attached hydrogens (tertiary/aromatic N) is 1. The zero-order valence-electron chi connectivity index (χ0n) is 31.9. The molecule has 0 bridgehead atoms. The number of aryl methyl sites for hydroxylation is 1. The number of hydrogen-bond donors (Lipinski definition) is 5. The number of rotatable bonds is 20. The molecule has 7 atom stereocenters. The van der Waals surface area contributed by atoms with E-state index in [1.165, 1.54) is 27.3 Å². The number of carbonyl (C=O) groups excluding carboxylic acids is 2. The molecule has 0 saturated carbocycles. The summed E-state index contributed by atoms with van der Waals surface area (Å²) in [6.07, 6.45) is -6.08. The third kappa shape index (κ3) is 9.47. The third-order valence-electron chi connectivity index (χ3n) is 10.0. The van der Waals surface area contributed by atoms with Gasteiger partial charge >= 0.3 is 5.69 Å². The summed E-state index contributed by atoms with van der Waals surface area (Å²) in [4.78, 5) is 63.5. The van der Waals surface area contributed by atoms with Gasteiger partial charge in [-0.2, -0.15) is 0 Å². The third-order valence-corrected chi connectivity index (χ3v) is 12.3. The lowest BCUT2D eigenvalue weighted by Crippen LogP contribution is -2.54. The highest BCUT2D eigenvalue weighted by atomic mass is 32.2. The molecule has 4 aromatic rings. The standard InChI is InChI=1S/C39H46N3O14PS/c1-24-22-42(38(48)41-37(24)47)32-21-31(54-34(23-44)58(50,51)33(46)18-13-28(45)19-20-43)35(55-32)36(56-57(40)49)39(25-7-5-4-6-8-25,26-9-14-29(52-2)15-10-26)27-11-16-30(53-3)17-12-27/h4-12,14-17,22-23,31-36,43,46,49H,13,18-21,40H2,1-3H3,(H,41,47,48)/t31-,32+,33?,34?,35-,36?,57?/m0/s1. The van der Waals surface area contributed by atoms with Gasteiger partial charge in [0.2, 0.25) is 15.3 Å². The Morgan fingerprint density at radius 1 is 1.00 bits per heavy atom. The molecule has 2 heterocycles. The van der Waals surface area contributed by atoms with Crippen molar-refractivity contribution in [1.82, 2.24) is 9.55 Å². The summed E-state index contributed by atoms with van der Waals surface area (Å²) in [5.74, 6) is 0.497. The molecule has 3 aromatic carbocycles. The Morgan fingerprint density at radius 3 is 2.09 bits per heavy atom. The number of aliphatic hydroxyl groups excluding tert-OH is 2. The van der Waals surface area contributed by atoms with Crippen LogP contribution in [0, 0.1) is 6.92 Å². The summed E-state index contributed by atoms with van der Waals surface area (Å²) in [5.41, 5.74) is 0.258. The molecule has 0 aliphatic carbocycles. The van der Waals surface area contributed by atoms with Crippen molar-refractivity contribution in [1.29, 1.82) is 0 Å². The van der Waals surface area contributed by atoms with E-state index in [-0.39, 0.29) is 24.7 Å². The maximum atomic E-state index is 13.7. The van der Waals surface area contributed by atoms with Crippen LogP contribution in [0.1, 0.15) is 54.2 Å². The molecule has 0 radical (unpaired) electrons. The molecule has 1 saturated heterocycles. The predicted octanol–water partition coefficient (Wildman–Crippen LogP) is 2.12. The van der Waals surface area contributed by atoms with Crippen LogP contribution < -0.4 is 26.2 Å². The fourth-order valence-electron chi connectivity index (χ4n) is 7.15. The molecular formula is C39H46N3O14PS. The number of aliphatic hydroxyl groups is 2. The van der Waals surface area contributed by atoms with Gasteiger partial charge in [0.15, 0.2) is 11.7 Å². The van der Waals surface area contributed by atoms with Crippen molar-refractivity contribution in [2.45, 2.75) is 73.4 Å². The summed E-state index contributed by atoms with van der Waals surface area (Å²) >= 11 is 0. The Morgan fingerprint density at radius 2 is 1.57 bits per heavy atom. The molecule has 4 unspecified atom stereocenters. The fraction of sp³-hybridized carbons (Fsp3) is 0.385. The number of benzene rings is 3. The highest BCUT2D eigenvalue weighted by Gasteiger charge is 2.56. The van der Waals surface area contributed by atoms with Crippen LogP contribution >= 0.6 is 8.53 Å². The number of aromatic amines is 1. The highest BCUT2D eigenvalue weighted by Crippen LogP contribution is 2.51. The van der Waals surface area contributed by atoms with Crippen LogP contribution in [0.5, 0.6) is 11.5 Å². The number of aldehydes is 1. The van der Waals surface area contributed by atoms with Gasteiger partial charge < -0.3 is 38.6 Å². The fourth-order valence-corrected chi connectivity index (χ4v) is 8.87. The molecule has 0 amide bonds. The van der Waals surface area contributed by atoms with Crippen LogP contribution in [0.4, 0.5) is 0 Å². The number of carbonyl (C=O) groups is 2. The van der Waals surface area contributed by atoms with E-state index in [4.69, 9.17) is 34.1 Å². The molecule has 17 nitrogen and oxygen atoms in total. The van der Waals surface area contributed by atoms with Crippen molar-refractivity contribution in [2.24, 2.45) is 5.50 Å². The van der Waals surface area contributed by atoms with E-state index in [1.807, 2.05) is 0 Å². The van der Waals surface area contributed by atoms with E-state index in [0.29, 0.717) is 28.2 Å². The maximum Gasteiger partial charge on any atom is 0.330 e. The monoisotopic (exact) mass is 843 g/mol. The number of nitrogens with two attached hydrogens (primary N) is 1. The molecule has 1 aliphatic heterocycles. The number of methoxy groups -OCH3 is 2. The molecule has 0 spiro atoms. The lowest BCUT2D eigenvalue weighted by molar-refractivity contribution is -0.125. The summed E-state index contributed by atoms with van der Waals surface area (Å²) in [7, 11) is -4.66. The van der Waals surface area contributed by atoms with E-state index in [1.54, 1.807) is 78.9 Å². The van der Waals surface area contributed by atoms with Crippen molar-refractivity contribution in [3.8, 4) is 11.5 Å². The Bertz CT molecular complexity index is 2190. The van der Waals surface area contributed by atoms with Crippen molar-refractivity contribution >= 4 is 30.4 Å².